The summed E-state index contributed by atoms with van der Waals surface area (Å²) in [5.41, 5.74) is 3.48. The minimum atomic E-state index is -0.165. The van der Waals surface area contributed by atoms with Gasteiger partial charge in [0.15, 0.2) is 0 Å². The van der Waals surface area contributed by atoms with Crippen molar-refractivity contribution in [2.24, 2.45) is 4.99 Å². The molecule has 0 amide bonds. The molecule has 0 aliphatic heterocycles. The lowest BCUT2D eigenvalue weighted by Gasteiger charge is -2.13. The zero-order valence-electron chi connectivity index (χ0n) is 14.4. The minimum Gasteiger partial charge on any atom is -0.366 e. The van der Waals surface area contributed by atoms with E-state index in [1.54, 1.807) is 6.07 Å². The smallest absolute Gasteiger partial charge is 0.137 e. The van der Waals surface area contributed by atoms with Gasteiger partial charge < -0.3 is 4.90 Å². The summed E-state index contributed by atoms with van der Waals surface area (Å²) in [5.74, 6) is 0.436. The van der Waals surface area contributed by atoms with E-state index in [4.69, 9.17) is 0 Å². The standard InChI is InChI=1S/C20H23FN2S/c1-4-23(3)13-22-18-11-14(2)20(12-16(18)15-9-10-15)24-19-8-6-5-7-17(19)21/h5-8,11-13,15H,4,9-10H2,1-3H3. The molecule has 1 fully saturated rings. The first-order chi connectivity index (χ1) is 11.6. The van der Waals surface area contributed by atoms with Gasteiger partial charge in [-0.1, -0.05) is 23.9 Å². The fraction of sp³-hybridized carbons (Fsp3) is 0.350. The van der Waals surface area contributed by atoms with Crippen LogP contribution >= 0.6 is 11.8 Å². The lowest BCUT2D eigenvalue weighted by Crippen LogP contribution is -2.14. The van der Waals surface area contributed by atoms with E-state index in [9.17, 15) is 4.39 Å². The quantitative estimate of drug-likeness (QED) is 0.489. The molecule has 24 heavy (non-hydrogen) atoms. The van der Waals surface area contributed by atoms with Crippen LogP contribution in [0.25, 0.3) is 0 Å². The molecule has 3 rings (SSSR count). The number of halogens is 1. The molecule has 0 bridgehead atoms. The van der Waals surface area contributed by atoms with Crippen LogP contribution in [0.4, 0.5) is 10.1 Å². The molecule has 0 radical (unpaired) electrons. The second kappa shape index (κ2) is 7.39. The van der Waals surface area contributed by atoms with Gasteiger partial charge in [0.1, 0.15) is 5.82 Å². The molecule has 0 heterocycles. The Hall–Kier alpha value is -1.81. The summed E-state index contributed by atoms with van der Waals surface area (Å²) < 4.78 is 14.0. The van der Waals surface area contributed by atoms with Gasteiger partial charge in [-0.15, -0.1) is 0 Å². The predicted molar refractivity (Wildman–Crippen MR) is 100 cm³/mol. The topological polar surface area (TPSA) is 15.6 Å². The molecule has 2 aromatic carbocycles. The van der Waals surface area contributed by atoms with E-state index in [2.05, 4.69) is 35.9 Å². The molecular weight excluding hydrogens is 319 g/mol. The summed E-state index contributed by atoms with van der Waals surface area (Å²) in [4.78, 5) is 8.53. The maximum absolute atomic E-state index is 14.0. The summed E-state index contributed by atoms with van der Waals surface area (Å²) >= 11 is 1.50. The lowest BCUT2D eigenvalue weighted by molar-refractivity contribution is 0.552. The highest BCUT2D eigenvalue weighted by molar-refractivity contribution is 7.99. The molecule has 2 nitrogen and oxygen atoms in total. The Bertz CT molecular complexity index is 753. The number of aliphatic imine (C=N–C) groups is 1. The second-order valence-corrected chi connectivity index (χ2v) is 7.38. The van der Waals surface area contributed by atoms with Crippen LogP contribution in [0.15, 0.2) is 51.2 Å². The first-order valence-corrected chi connectivity index (χ1v) is 9.21. The number of aryl methyl sites for hydroxylation is 1. The van der Waals surface area contributed by atoms with Gasteiger partial charge in [0.05, 0.1) is 12.0 Å². The van der Waals surface area contributed by atoms with Crippen LogP contribution in [0.5, 0.6) is 0 Å². The zero-order chi connectivity index (χ0) is 17.1. The monoisotopic (exact) mass is 342 g/mol. The highest BCUT2D eigenvalue weighted by Crippen LogP contribution is 2.47. The van der Waals surface area contributed by atoms with Crippen molar-refractivity contribution in [2.45, 2.75) is 42.4 Å². The Morgan fingerprint density at radius 3 is 2.67 bits per heavy atom. The van der Waals surface area contributed by atoms with Crippen LogP contribution in [0.3, 0.4) is 0 Å². The molecule has 4 heteroatoms. The average molecular weight is 342 g/mol. The van der Waals surface area contributed by atoms with Gasteiger partial charge in [-0.05, 0) is 68.0 Å². The molecule has 0 N–H and O–H groups in total. The van der Waals surface area contributed by atoms with Crippen LogP contribution in [0.1, 0.15) is 36.8 Å². The maximum Gasteiger partial charge on any atom is 0.137 e. The Kier molecular flexibility index (Phi) is 5.24. The van der Waals surface area contributed by atoms with Gasteiger partial charge in [0, 0.05) is 23.4 Å². The van der Waals surface area contributed by atoms with Gasteiger partial charge in [0.2, 0.25) is 0 Å². The van der Waals surface area contributed by atoms with Crippen molar-refractivity contribution in [2.75, 3.05) is 13.6 Å². The van der Waals surface area contributed by atoms with Gasteiger partial charge >= 0.3 is 0 Å². The highest BCUT2D eigenvalue weighted by atomic mass is 32.2. The molecule has 0 aromatic heterocycles. The Labute approximate surface area is 147 Å². The predicted octanol–water partition coefficient (Wildman–Crippen LogP) is 5.77. The summed E-state index contributed by atoms with van der Waals surface area (Å²) in [7, 11) is 2.02. The average Bonchev–Trinajstić information content (AvgIpc) is 3.41. The molecule has 2 aromatic rings. The molecule has 126 valence electrons. The van der Waals surface area contributed by atoms with Crippen molar-refractivity contribution in [1.82, 2.24) is 4.90 Å². The summed E-state index contributed by atoms with van der Waals surface area (Å²) in [6.45, 7) is 5.11. The molecule has 1 saturated carbocycles. The van der Waals surface area contributed by atoms with Gasteiger partial charge in [-0.2, -0.15) is 0 Å². The van der Waals surface area contributed by atoms with E-state index < -0.39 is 0 Å². The van der Waals surface area contributed by atoms with Crippen molar-refractivity contribution in [3.8, 4) is 0 Å². The fourth-order valence-corrected chi connectivity index (χ4v) is 3.47. The largest absolute Gasteiger partial charge is 0.366 e. The van der Waals surface area contributed by atoms with E-state index in [1.165, 1.54) is 36.2 Å². The zero-order valence-corrected chi connectivity index (χ0v) is 15.2. The Morgan fingerprint density at radius 2 is 2.00 bits per heavy atom. The highest BCUT2D eigenvalue weighted by Gasteiger charge is 2.27. The molecule has 0 unspecified atom stereocenters. The van der Waals surface area contributed by atoms with Crippen molar-refractivity contribution < 1.29 is 4.39 Å². The lowest BCUT2D eigenvalue weighted by atomic mass is 10.1. The second-order valence-electron chi connectivity index (χ2n) is 6.30. The molecule has 1 aliphatic rings. The number of benzene rings is 2. The van der Waals surface area contributed by atoms with E-state index in [-0.39, 0.29) is 5.82 Å². The molecule has 0 saturated heterocycles. The number of rotatable bonds is 6. The summed E-state index contributed by atoms with van der Waals surface area (Å²) in [6, 6.07) is 11.3. The minimum absolute atomic E-state index is 0.165. The van der Waals surface area contributed by atoms with Crippen molar-refractivity contribution >= 4 is 23.8 Å². The normalized spacial score (nSPS) is 14.3. The van der Waals surface area contributed by atoms with Crippen LogP contribution < -0.4 is 0 Å². The SMILES string of the molecule is CCN(C)C=Nc1cc(C)c(Sc2ccccc2F)cc1C1CC1. The van der Waals surface area contributed by atoms with Crippen LogP contribution in [0, 0.1) is 12.7 Å². The Morgan fingerprint density at radius 1 is 1.25 bits per heavy atom. The van der Waals surface area contributed by atoms with Gasteiger partial charge in [-0.25, -0.2) is 9.38 Å². The van der Waals surface area contributed by atoms with Crippen molar-refractivity contribution in [3.63, 3.8) is 0 Å². The van der Waals surface area contributed by atoms with Crippen molar-refractivity contribution in [3.05, 3.63) is 53.3 Å². The molecule has 1 aliphatic carbocycles. The number of hydrogen-bond acceptors (Lipinski definition) is 2. The van der Waals surface area contributed by atoms with Crippen LogP contribution in [-0.4, -0.2) is 24.8 Å². The van der Waals surface area contributed by atoms with Crippen LogP contribution in [0.2, 0.25) is 0 Å². The van der Waals surface area contributed by atoms with Gasteiger partial charge in [-0.3, -0.25) is 0 Å². The van der Waals surface area contributed by atoms with E-state index >= 15 is 0 Å². The molecular formula is C20H23FN2S. The van der Waals surface area contributed by atoms with E-state index in [1.807, 2.05) is 25.5 Å². The third-order valence-electron chi connectivity index (χ3n) is 4.29. The summed E-state index contributed by atoms with van der Waals surface area (Å²) in [5, 5.41) is 0. The van der Waals surface area contributed by atoms with Gasteiger partial charge in [0.25, 0.3) is 0 Å². The third kappa shape index (κ3) is 3.99. The number of nitrogens with zero attached hydrogens (tertiary/aromatic N) is 2. The summed E-state index contributed by atoms with van der Waals surface area (Å²) in [6.07, 6.45) is 4.34. The third-order valence-corrected chi connectivity index (χ3v) is 5.50. The number of hydrogen-bond donors (Lipinski definition) is 0. The maximum atomic E-state index is 14.0. The Balaban J connectivity index is 1.93. The fourth-order valence-electron chi connectivity index (χ4n) is 2.52. The van der Waals surface area contributed by atoms with E-state index in [0.717, 1.165) is 22.7 Å². The molecule has 0 spiro atoms. The first-order valence-electron chi connectivity index (χ1n) is 8.40. The van der Waals surface area contributed by atoms with E-state index in [0.29, 0.717) is 10.8 Å². The van der Waals surface area contributed by atoms with Crippen molar-refractivity contribution in [1.29, 1.82) is 0 Å². The van der Waals surface area contributed by atoms with Crippen LogP contribution in [-0.2, 0) is 0 Å². The first kappa shape index (κ1) is 17.0. The molecule has 0 atom stereocenters.